The summed E-state index contributed by atoms with van der Waals surface area (Å²) < 4.78 is 0. The van der Waals surface area contributed by atoms with E-state index in [0.29, 0.717) is 5.92 Å². The van der Waals surface area contributed by atoms with Crippen molar-refractivity contribution in [3.8, 4) is 0 Å². The molecule has 30 heavy (non-hydrogen) atoms. The van der Waals surface area contributed by atoms with Gasteiger partial charge in [-0.3, -0.25) is 9.79 Å². The summed E-state index contributed by atoms with van der Waals surface area (Å²) in [4.78, 5) is 22.1. The lowest BCUT2D eigenvalue weighted by Gasteiger charge is -2.38. The molecule has 154 valence electrons. The van der Waals surface area contributed by atoms with Gasteiger partial charge in [0.1, 0.15) is 0 Å². The zero-order valence-corrected chi connectivity index (χ0v) is 17.4. The van der Waals surface area contributed by atoms with E-state index in [0.717, 1.165) is 57.5 Å². The number of allylic oxidation sites excluding steroid dienone is 1. The molecule has 0 aliphatic carbocycles. The first-order chi connectivity index (χ1) is 14.7. The molecular formula is C26H29N3O. The molecule has 0 radical (unpaired) electrons. The van der Waals surface area contributed by atoms with Crippen LogP contribution in [0.3, 0.4) is 0 Å². The Morgan fingerprint density at radius 3 is 2.50 bits per heavy atom. The van der Waals surface area contributed by atoms with E-state index in [4.69, 9.17) is 4.99 Å². The standard InChI is InChI=1S/C26H29N3O/c30-25-24-10-5-4-9-23(24)19-29(25)18-22-11-15-28(16-12-22)20-26(13-6-14-27-26)17-21-7-2-1-3-8-21/h1-10,13-14,22H,11-12,15-20H2. The van der Waals surface area contributed by atoms with Crippen molar-refractivity contribution in [3.05, 3.63) is 83.4 Å². The molecule has 0 spiro atoms. The Kier molecular flexibility index (Phi) is 5.26. The molecule has 1 atom stereocenters. The molecule has 2 aromatic carbocycles. The summed E-state index contributed by atoms with van der Waals surface area (Å²) in [6.07, 6.45) is 9.55. The highest BCUT2D eigenvalue weighted by Crippen LogP contribution is 2.29. The van der Waals surface area contributed by atoms with Crippen molar-refractivity contribution in [3.63, 3.8) is 0 Å². The van der Waals surface area contributed by atoms with Crippen molar-refractivity contribution >= 4 is 12.1 Å². The minimum Gasteiger partial charge on any atom is -0.334 e. The average Bonchev–Trinajstić information content (AvgIpc) is 3.35. The summed E-state index contributed by atoms with van der Waals surface area (Å²) in [6, 6.07) is 18.7. The molecule has 1 saturated heterocycles. The normalized spacial score (nSPS) is 24.0. The zero-order valence-electron chi connectivity index (χ0n) is 17.4. The molecular weight excluding hydrogens is 370 g/mol. The number of carbonyl (C=O) groups is 1. The molecule has 3 aliphatic heterocycles. The Morgan fingerprint density at radius 1 is 1.00 bits per heavy atom. The molecule has 1 amide bonds. The fourth-order valence-electron chi connectivity index (χ4n) is 5.15. The summed E-state index contributed by atoms with van der Waals surface area (Å²) >= 11 is 0. The number of piperidine rings is 1. The van der Waals surface area contributed by atoms with Crippen molar-refractivity contribution in [2.75, 3.05) is 26.2 Å². The van der Waals surface area contributed by atoms with Gasteiger partial charge >= 0.3 is 0 Å². The largest absolute Gasteiger partial charge is 0.334 e. The molecule has 4 heteroatoms. The van der Waals surface area contributed by atoms with Crippen LogP contribution in [0.15, 0.2) is 71.7 Å². The van der Waals surface area contributed by atoms with Gasteiger partial charge in [0.15, 0.2) is 0 Å². The average molecular weight is 400 g/mol. The van der Waals surface area contributed by atoms with Crippen LogP contribution in [0.2, 0.25) is 0 Å². The maximum Gasteiger partial charge on any atom is 0.254 e. The van der Waals surface area contributed by atoms with Gasteiger partial charge in [0.25, 0.3) is 5.91 Å². The van der Waals surface area contributed by atoms with Crippen molar-refractivity contribution in [2.24, 2.45) is 10.9 Å². The quantitative estimate of drug-likeness (QED) is 0.737. The third-order valence-corrected chi connectivity index (χ3v) is 6.76. The Morgan fingerprint density at radius 2 is 1.77 bits per heavy atom. The second-order valence-electron chi connectivity index (χ2n) is 8.97. The third kappa shape index (κ3) is 3.97. The number of carbonyl (C=O) groups excluding carboxylic acids is 1. The third-order valence-electron chi connectivity index (χ3n) is 6.76. The zero-order chi connectivity index (χ0) is 20.4. The van der Waals surface area contributed by atoms with E-state index in [1.54, 1.807) is 0 Å². The fourth-order valence-corrected chi connectivity index (χ4v) is 5.15. The van der Waals surface area contributed by atoms with Gasteiger partial charge in [-0.25, -0.2) is 0 Å². The van der Waals surface area contributed by atoms with Crippen molar-refractivity contribution in [1.29, 1.82) is 0 Å². The Hall–Kier alpha value is -2.72. The van der Waals surface area contributed by atoms with Crippen molar-refractivity contribution in [1.82, 2.24) is 9.80 Å². The first-order valence-electron chi connectivity index (χ1n) is 11.1. The predicted octanol–water partition coefficient (Wildman–Crippen LogP) is 3.98. The van der Waals surface area contributed by atoms with Crippen LogP contribution in [0, 0.1) is 5.92 Å². The van der Waals surface area contributed by atoms with Crippen LogP contribution in [0.1, 0.15) is 34.3 Å². The molecule has 4 nitrogen and oxygen atoms in total. The number of benzene rings is 2. The highest BCUT2D eigenvalue weighted by atomic mass is 16.2. The molecule has 1 unspecified atom stereocenters. The molecule has 0 N–H and O–H groups in total. The summed E-state index contributed by atoms with van der Waals surface area (Å²) in [7, 11) is 0. The highest BCUT2D eigenvalue weighted by Gasteiger charge is 2.34. The van der Waals surface area contributed by atoms with Gasteiger partial charge in [-0.2, -0.15) is 0 Å². The predicted molar refractivity (Wildman–Crippen MR) is 121 cm³/mol. The van der Waals surface area contributed by atoms with Crippen LogP contribution in [-0.2, 0) is 13.0 Å². The second-order valence-corrected chi connectivity index (χ2v) is 8.97. The number of aliphatic imine (C=N–C) groups is 1. The number of likely N-dealkylation sites (tertiary alicyclic amines) is 1. The minimum absolute atomic E-state index is 0.138. The number of amides is 1. The van der Waals surface area contributed by atoms with Gasteiger partial charge in [0.05, 0.1) is 5.54 Å². The van der Waals surface area contributed by atoms with Gasteiger partial charge in [0.2, 0.25) is 0 Å². The second kappa shape index (κ2) is 8.19. The maximum atomic E-state index is 12.7. The molecule has 3 aliphatic rings. The number of hydrogen-bond acceptors (Lipinski definition) is 3. The molecule has 1 fully saturated rings. The fraction of sp³-hybridized carbons (Fsp3) is 0.385. The number of nitrogens with zero attached hydrogens (tertiary/aromatic N) is 3. The summed E-state index contributed by atoms with van der Waals surface area (Å²) in [6.45, 7) is 4.79. The smallest absolute Gasteiger partial charge is 0.254 e. The van der Waals surface area contributed by atoms with Crippen LogP contribution in [0.4, 0.5) is 0 Å². The SMILES string of the molecule is O=C1c2ccccc2CN1CC1CCN(CC2(Cc3ccccc3)C=CC=N2)CC1. The van der Waals surface area contributed by atoms with E-state index in [1.165, 1.54) is 11.1 Å². The van der Waals surface area contributed by atoms with Gasteiger partial charge in [-0.15, -0.1) is 0 Å². The molecule has 2 aromatic rings. The Labute approximate surface area is 178 Å². The molecule has 0 aromatic heterocycles. The Balaban J connectivity index is 1.16. The molecule has 3 heterocycles. The minimum atomic E-state index is -0.138. The van der Waals surface area contributed by atoms with Crippen LogP contribution in [0.5, 0.6) is 0 Å². The number of rotatable bonds is 6. The van der Waals surface area contributed by atoms with Crippen LogP contribution in [-0.4, -0.2) is 53.6 Å². The lowest BCUT2D eigenvalue weighted by atomic mass is 9.89. The summed E-state index contributed by atoms with van der Waals surface area (Å²) in [5.41, 5.74) is 3.27. The van der Waals surface area contributed by atoms with E-state index < -0.39 is 0 Å². The summed E-state index contributed by atoms with van der Waals surface area (Å²) in [5, 5.41) is 0. The lowest BCUT2D eigenvalue weighted by Crippen LogP contribution is -2.46. The van der Waals surface area contributed by atoms with Crippen LogP contribution in [0.25, 0.3) is 0 Å². The van der Waals surface area contributed by atoms with Crippen molar-refractivity contribution < 1.29 is 4.79 Å². The van der Waals surface area contributed by atoms with E-state index >= 15 is 0 Å². The van der Waals surface area contributed by atoms with Gasteiger partial charge in [-0.1, -0.05) is 54.6 Å². The van der Waals surface area contributed by atoms with Crippen LogP contribution < -0.4 is 0 Å². The first-order valence-corrected chi connectivity index (χ1v) is 11.1. The Bertz CT molecular complexity index is 945. The van der Waals surface area contributed by atoms with Crippen LogP contribution >= 0.6 is 0 Å². The maximum absolute atomic E-state index is 12.7. The van der Waals surface area contributed by atoms with E-state index in [-0.39, 0.29) is 11.4 Å². The monoisotopic (exact) mass is 399 g/mol. The molecule has 0 saturated carbocycles. The molecule has 0 bridgehead atoms. The van der Waals surface area contributed by atoms with E-state index in [2.05, 4.69) is 53.5 Å². The van der Waals surface area contributed by atoms with Gasteiger partial charge in [0, 0.05) is 37.8 Å². The van der Waals surface area contributed by atoms with Crippen molar-refractivity contribution in [2.45, 2.75) is 31.3 Å². The summed E-state index contributed by atoms with van der Waals surface area (Å²) in [5.74, 6) is 0.799. The molecule has 5 rings (SSSR count). The highest BCUT2D eigenvalue weighted by molar-refractivity contribution is 5.98. The number of fused-ring (bicyclic) bond motifs is 1. The van der Waals surface area contributed by atoms with E-state index in [1.807, 2.05) is 29.3 Å². The first kappa shape index (κ1) is 19.3. The number of hydrogen-bond donors (Lipinski definition) is 0. The van der Waals surface area contributed by atoms with Gasteiger partial charge < -0.3 is 9.80 Å². The van der Waals surface area contributed by atoms with Gasteiger partial charge in [-0.05, 0) is 55.1 Å². The lowest BCUT2D eigenvalue weighted by molar-refractivity contribution is 0.0708. The topological polar surface area (TPSA) is 35.9 Å². The van der Waals surface area contributed by atoms with E-state index in [9.17, 15) is 4.79 Å².